The molecule has 0 heterocycles. The van der Waals surface area contributed by atoms with Crippen LogP contribution in [0.1, 0.15) is 25.7 Å². The second-order valence-electron chi connectivity index (χ2n) is 9.01. The van der Waals surface area contributed by atoms with Crippen molar-refractivity contribution in [3.63, 3.8) is 0 Å². The molecule has 3 aliphatic carbocycles. The van der Waals surface area contributed by atoms with E-state index in [0.29, 0.717) is 48.6 Å². The highest BCUT2D eigenvalue weighted by atomic mass is 16.6. The van der Waals surface area contributed by atoms with Crippen molar-refractivity contribution in [1.29, 1.82) is 0 Å². The maximum Gasteiger partial charge on any atom is 0.407 e. The second-order valence-corrected chi connectivity index (χ2v) is 9.01. The highest BCUT2D eigenvalue weighted by Gasteiger charge is 2.56. The summed E-state index contributed by atoms with van der Waals surface area (Å²) in [7, 11) is 0. The van der Waals surface area contributed by atoms with E-state index >= 15 is 0 Å². The average molecular weight is 479 g/mol. The molecular weight excluding hydrogens is 444 g/mol. The number of carbonyl (C=O) groups is 4. The zero-order valence-corrected chi connectivity index (χ0v) is 19.4. The van der Waals surface area contributed by atoms with Crippen LogP contribution in [-0.4, -0.2) is 63.6 Å². The first-order valence-corrected chi connectivity index (χ1v) is 11.8. The Hall–Kier alpha value is -3.04. The number of carbonyl (C=O) groups excluding carboxylic acids is 4. The quantitative estimate of drug-likeness (QED) is 0.189. The molecule has 2 amide bonds. The zero-order valence-electron chi connectivity index (χ0n) is 19.4. The minimum atomic E-state index is -0.552. The van der Waals surface area contributed by atoms with Gasteiger partial charge in [-0.1, -0.05) is 13.2 Å². The number of hydrogen-bond acceptors (Lipinski definition) is 8. The zero-order chi connectivity index (χ0) is 24.5. The molecule has 2 N–H and O–H groups in total. The van der Waals surface area contributed by atoms with Crippen LogP contribution in [0.5, 0.6) is 0 Å². The van der Waals surface area contributed by atoms with Gasteiger partial charge < -0.3 is 29.6 Å². The van der Waals surface area contributed by atoms with Crippen molar-refractivity contribution in [3.05, 3.63) is 25.3 Å². The standard InChI is InChI=1S/C24H34N2O8/c1-3-20(27)31-7-9-33-23(29)25-13-15-5-6-18-16-11-17(19(12-16)22(15)18)14-26-24(30)34-10-8-32-21(28)4-2/h3-4,15-19,22H,1-2,5-14H2,(H,25,29)(H,26,30). The fourth-order valence-electron chi connectivity index (χ4n) is 6.06. The highest BCUT2D eigenvalue weighted by Crippen LogP contribution is 2.62. The number of amides is 2. The second kappa shape index (κ2) is 12.4. The van der Waals surface area contributed by atoms with Gasteiger partial charge in [0.15, 0.2) is 0 Å². The lowest BCUT2D eigenvalue weighted by Gasteiger charge is -2.34. The van der Waals surface area contributed by atoms with Gasteiger partial charge in [-0.05, 0) is 61.2 Å². The summed E-state index contributed by atoms with van der Waals surface area (Å²) in [5, 5.41) is 5.69. The molecule has 0 saturated heterocycles. The number of fused-ring (bicyclic) bond motifs is 5. The van der Waals surface area contributed by atoms with Gasteiger partial charge >= 0.3 is 24.1 Å². The van der Waals surface area contributed by atoms with E-state index in [2.05, 4.69) is 23.8 Å². The molecule has 10 heteroatoms. The van der Waals surface area contributed by atoms with E-state index in [-0.39, 0.29) is 26.4 Å². The van der Waals surface area contributed by atoms with E-state index in [1.165, 1.54) is 12.8 Å². The third kappa shape index (κ3) is 6.74. The van der Waals surface area contributed by atoms with E-state index in [9.17, 15) is 19.2 Å². The smallest absolute Gasteiger partial charge is 0.407 e. The van der Waals surface area contributed by atoms with Crippen LogP contribution >= 0.6 is 0 Å². The number of nitrogens with one attached hydrogen (secondary N) is 2. The van der Waals surface area contributed by atoms with Gasteiger partial charge in [0.2, 0.25) is 0 Å². The van der Waals surface area contributed by atoms with E-state index in [0.717, 1.165) is 25.0 Å². The number of rotatable bonds is 12. The topological polar surface area (TPSA) is 129 Å². The molecule has 34 heavy (non-hydrogen) atoms. The van der Waals surface area contributed by atoms with Crippen molar-refractivity contribution in [2.45, 2.75) is 25.7 Å². The molecule has 0 aliphatic heterocycles. The van der Waals surface area contributed by atoms with Gasteiger partial charge in [0, 0.05) is 25.2 Å². The van der Waals surface area contributed by atoms with Crippen LogP contribution in [0.15, 0.2) is 25.3 Å². The summed E-state index contributed by atoms with van der Waals surface area (Å²) in [5.41, 5.74) is 0. The van der Waals surface area contributed by atoms with Crippen molar-refractivity contribution in [2.75, 3.05) is 39.5 Å². The minimum Gasteiger partial charge on any atom is -0.459 e. The van der Waals surface area contributed by atoms with Crippen LogP contribution in [-0.2, 0) is 28.5 Å². The molecule has 0 radical (unpaired) electrons. The molecule has 10 nitrogen and oxygen atoms in total. The Bertz CT molecular complexity index is 785. The number of esters is 2. The minimum absolute atomic E-state index is 0.00658. The Morgan fingerprint density at radius 2 is 1.24 bits per heavy atom. The first kappa shape index (κ1) is 25.6. The molecule has 188 valence electrons. The SMILES string of the molecule is C=CC(=O)OCCOC(=O)NCC1CC2CC1C1C(CNC(=O)OCCOC(=O)C=C)CCC21. The maximum absolute atomic E-state index is 12.0. The largest absolute Gasteiger partial charge is 0.459 e. The monoisotopic (exact) mass is 478 g/mol. The predicted molar refractivity (Wildman–Crippen MR) is 120 cm³/mol. The van der Waals surface area contributed by atoms with Gasteiger partial charge in [-0.3, -0.25) is 0 Å². The molecular formula is C24H34N2O8. The van der Waals surface area contributed by atoms with Crippen LogP contribution in [0.3, 0.4) is 0 Å². The van der Waals surface area contributed by atoms with Gasteiger partial charge in [-0.2, -0.15) is 0 Å². The van der Waals surface area contributed by atoms with E-state index < -0.39 is 24.1 Å². The van der Waals surface area contributed by atoms with Gasteiger partial charge in [0.05, 0.1) is 0 Å². The molecule has 0 spiro atoms. The first-order chi connectivity index (χ1) is 16.4. The lowest BCUT2D eigenvalue weighted by molar-refractivity contribution is -0.139. The Morgan fingerprint density at radius 1 is 0.706 bits per heavy atom. The Labute approximate surface area is 199 Å². The van der Waals surface area contributed by atoms with Crippen molar-refractivity contribution in [1.82, 2.24) is 10.6 Å². The first-order valence-electron chi connectivity index (χ1n) is 11.8. The van der Waals surface area contributed by atoms with E-state index in [1.54, 1.807) is 0 Å². The molecule has 3 fully saturated rings. The average Bonchev–Trinajstić information content (AvgIpc) is 3.54. The lowest BCUT2D eigenvalue weighted by atomic mass is 9.72. The third-order valence-corrected chi connectivity index (χ3v) is 7.27. The van der Waals surface area contributed by atoms with Crippen molar-refractivity contribution in [2.24, 2.45) is 35.5 Å². The van der Waals surface area contributed by atoms with Gasteiger partial charge in [0.1, 0.15) is 26.4 Å². The molecule has 3 rings (SSSR count). The van der Waals surface area contributed by atoms with Gasteiger partial charge in [0.25, 0.3) is 0 Å². The fourth-order valence-corrected chi connectivity index (χ4v) is 6.06. The molecule has 6 atom stereocenters. The number of alkyl carbamates (subject to hydrolysis) is 2. The van der Waals surface area contributed by atoms with E-state index in [1.807, 2.05) is 0 Å². The summed E-state index contributed by atoms with van der Waals surface area (Å²) in [5.74, 6) is 2.10. The molecule has 6 unspecified atom stereocenters. The highest BCUT2D eigenvalue weighted by molar-refractivity contribution is 5.81. The number of hydrogen-bond donors (Lipinski definition) is 2. The van der Waals surface area contributed by atoms with Crippen molar-refractivity contribution >= 4 is 24.1 Å². The van der Waals surface area contributed by atoms with Gasteiger partial charge in [-0.25, -0.2) is 19.2 Å². The van der Waals surface area contributed by atoms with Gasteiger partial charge in [-0.15, -0.1) is 0 Å². The summed E-state index contributed by atoms with van der Waals surface area (Å²) in [6.45, 7) is 7.69. The summed E-state index contributed by atoms with van der Waals surface area (Å²) in [6.07, 6.45) is 5.61. The molecule has 3 saturated carbocycles. The summed E-state index contributed by atoms with van der Waals surface area (Å²) < 4.78 is 19.7. The van der Waals surface area contributed by atoms with Crippen molar-refractivity contribution < 1.29 is 38.1 Å². The normalized spacial score (nSPS) is 28.4. The molecule has 0 aromatic heterocycles. The maximum atomic E-state index is 12.0. The van der Waals surface area contributed by atoms with Crippen LogP contribution in [0.25, 0.3) is 0 Å². The van der Waals surface area contributed by atoms with E-state index in [4.69, 9.17) is 18.9 Å². The fraction of sp³-hybridized carbons (Fsp3) is 0.667. The Kier molecular flexibility index (Phi) is 9.35. The van der Waals surface area contributed by atoms with Crippen LogP contribution in [0, 0.1) is 35.5 Å². The Morgan fingerprint density at radius 3 is 1.79 bits per heavy atom. The van der Waals surface area contributed by atoms with Crippen LogP contribution in [0.2, 0.25) is 0 Å². The third-order valence-electron chi connectivity index (χ3n) is 7.27. The molecule has 3 aliphatic rings. The predicted octanol–water partition coefficient (Wildman–Crippen LogP) is 2.20. The summed E-state index contributed by atoms with van der Waals surface area (Å²) in [4.78, 5) is 45.9. The lowest BCUT2D eigenvalue weighted by Crippen LogP contribution is -2.39. The molecule has 0 aromatic carbocycles. The molecule has 2 bridgehead atoms. The summed E-state index contributed by atoms with van der Waals surface area (Å²) in [6, 6.07) is 0. The molecule has 0 aromatic rings. The van der Waals surface area contributed by atoms with Crippen molar-refractivity contribution in [3.8, 4) is 0 Å². The van der Waals surface area contributed by atoms with Crippen LogP contribution in [0.4, 0.5) is 9.59 Å². The number of ether oxygens (including phenoxy) is 4. The Balaban J connectivity index is 1.35. The van der Waals surface area contributed by atoms with Crippen LogP contribution < -0.4 is 10.6 Å². The summed E-state index contributed by atoms with van der Waals surface area (Å²) >= 11 is 0.